The molecule has 0 radical (unpaired) electrons. The van der Waals surface area contributed by atoms with E-state index in [-0.39, 0.29) is 6.61 Å². The van der Waals surface area contributed by atoms with Gasteiger partial charge in [0.25, 0.3) is 0 Å². The van der Waals surface area contributed by atoms with Crippen molar-refractivity contribution in [3.8, 4) is 0 Å². The molecule has 1 atom stereocenters. The van der Waals surface area contributed by atoms with Gasteiger partial charge in [-0.15, -0.1) is 11.6 Å². The Morgan fingerprint density at radius 1 is 1.73 bits per heavy atom. The van der Waals surface area contributed by atoms with E-state index in [1.165, 1.54) is 13.8 Å². The van der Waals surface area contributed by atoms with Crippen molar-refractivity contribution in [1.29, 1.82) is 0 Å². The molecule has 0 saturated heterocycles. The molecule has 66 valence electrons. The normalized spacial score (nSPS) is 14.3. The SMILES string of the molecule is CCOC(=O)C(Cl)C(C)(C)O. The van der Waals surface area contributed by atoms with Gasteiger partial charge in [-0.2, -0.15) is 0 Å². The summed E-state index contributed by atoms with van der Waals surface area (Å²) in [4.78, 5) is 10.9. The average molecular weight is 181 g/mol. The molecule has 0 amide bonds. The topological polar surface area (TPSA) is 46.5 Å². The molecule has 0 aromatic rings. The predicted molar refractivity (Wildman–Crippen MR) is 42.6 cm³/mol. The second-order valence-corrected chi connectivity index (χ2v) is 3.20. The highest BCUT2D eigenvalue weighted by Crippen LogP contribution is 2.16. The van der Waals surface area contributed by atoms with E-state index in [9.17, 15) is 9.90 Å². The minimum Gasteiger partial charge on any atom is -0.465 e. The van der Waals surface area contributed by atoms with Crippen LogP contribution in [0.1, 0.15) is 20.8 Å². The van der Waals surface area contributed by atoms with Gasteiger partial charge in [0.05, 0.1) is 12.2 Å². The quantitative estimate of drug-likeness (QED) is 0.519. The van der Waals surface area contributed by atoms with Crippen LogP contribution in [0.2, 0.25) is 0 Å². The zero-order chi connectivity index (χ0) is 9.07. The van der Waals surface area contributed by atoms with Crippen molar-refractivity contribution in [2.24, 2.45) is 0 Å². The first-order chi connectivity index (χ1) is 4.89. The smallest absolute Gasteiger partial charge is 0.327 e. The van der Waals surface area contributed by atoms with Gasteiger partial charge in [0.15, 0.2) is 5.38 Å². The lowest BCUT2D eigenvalue weighted by molar-refractivity contribution is -0.146. The van der Waals surface area contributed by atoms with Crippen LogP contribution < -0.4 is 0 Å². The van der Waals surface area contributed by atoms with E-state index in [2.05, 4.69) is 4.74 Å². The number of carbonyl (C=O) groups is 1. The van der Waals surface area contributed by atoms with E-state index in [1.807, 2.05) is 0 Å². The molecular weight excluding hydrogens is 168 g/mol. The van der Waals surface area contributed by atoms with Crippen molar-refractivity contribution in [1.82, 2.24) is 0 Å². The first kappa shape index (κ1) is 10.7. The third-order valence-electron chi connectivity index (χ3n) is 1.11. The van der Waals surface area contributed by atoms with Gasteiger partial charge in [-0.1, -0.05) is 0 Å². The van der Waals surface area contributed by atoms with Gasteiger partial charge >= 0.3 is 5.97 Å². The summed E-state index contributed by atoms with van der Waals surface area (Å²) in [6.07, 6.45) is 0. The van der Waals surface area contributed by atoms with E-state index in [0.717, 1.165) is 0 Å². The Kier molecular flexibility index (Phi) is 3.83. The van der Waals surface area contributed by atoms with Gasteiger partial charge in [0.1, 0.15) is 0 Å². The first-order valence-corrected chi connectivity index (χ1v) is 3.86. The third-order valence-corrected chi connectivity index (χ3v) is 1.83. The Balaban J connectivity index is 4.03. The van der Waals surface area contributed by atoms with Crippen molar-refractivity contribution in [2.45, 2.75) is 31.7 Å². The molecule has 0 aliphatic carbocycles. The van der Waals surface area contributed by atoms with E-state index in [0.29, 0.717) is 0 Å². The summed E-state index contributed by atoms with van der Waals surface area (Å²) in [5.41, 5.74) is -1.23. The van der Waals surface area contributed by atoms with Crippen molar-refractivity contribution in [3.63, 3.8) is 0 Å². The van der Waals surface area contributed by atoms with Crippen LogP contribution in [-0.2, 0) is 9.53 Å². The van der Waals surface area contributed by atoms with Crippen LogP contribution in [0.15, 0.2) is 0 Å². The van der Waals surface area contributed by atoms with Gasteiger partial charge in [-0.05, 0) is 20.8 Å². The van der Waals surface area contributed by atoms with Crippen LogP contribution in [0.3, 0.4) is 0 Å². The zero-order valence-corrected chi connectivity index (χ0v) is 7.68. The minimum absolute atomic E-state index is 0.276. The molecule has 4 heteroatoms. The van der Waals surface area contributed by atoms with E-state index < -0.39 is 16.9 Å². The number of hydrogen-bond donors (Lipinski definition) is 1. The van der Waals surface area contributed by atoms with E-state index >= 15 is 0 Å². The zero-order valence-electron chi connectivity index (χ0n) is 6.93. The van der Waals surface area contributed by atoms with Crippen molar-refractivity contribution >= 4 is 17.6 Å². The molecule has 0 aromatic carbocycles. The molecular formula is C7H13ClO3. The number of alkyl halides is 1. The fourth-order valence-electron chi connectivity index (χ4n) is 0.504. The Labute approximate surface area is 71.3 Å². The fraction of sp³-hybridized carbons (Fsp3) is 0.857. The monoisotopic (exact) mass is 180 g/mol. The van der Waals surface area contributed by atoms with Gasteiger partial charge in [-0.3, -0.25) is 4.79 Å². The van der Waals surface area contributed by atoms with Crippen molar-refractivity contribution in [3.05, 3.63) is 0 Å². The average Bonchev–Trinajstić information content (AvgIpc) is 1.85. The summed E-state index contributed by atoms with van der Waals surface area (Å²) in [5, 5.41) is 8.25. The van der Waals surface area contributed by atoms with Crippen LogP contribution >= 0.6 is 11.6 Å². The number of aliphatic hydroxyl groups is 1. The summed E-state index contributed by atoms with van der Waals surface area (Å²) < 4.78 is 4.60. The number of hydrogen-bond acceptors (Lipinski definition) is 3. The highest BCUT2D eigenvalue weighted by atomic mass is 35.5. The predicted octanol–water partition coefficient (Wildman–Crippen LogP) is 0.928. The second-order valence-electron chi connectivity index (χ2n) is 2.77. The minimum atomic E-state index is -1.23. The molecule has 11 heavy (non-hydrogen) atoms. The lowest BCUT2D eigenvalue weighted by atomic mass is 10.1. The van der Waals surface area contributed by atoms with Crippen molar-refractivity contribution in [2.75, 3.05) is 6.61 Å². The Morgan fingerprint density at radius 3 is 2.45 bits per heavy atom. The standard InChI is InChI=1S/C7H13ClO3/c1-4-11-6(9)5(8)7(2,3)10/h5,10H,4H2,1-3H3. The van der Waals surface area contributed by atoms with Crippen LogP contribution in [-0.4, -0.2) is 28.7 Å². The maximum Gasteiger partial charge on any atom is 0.327 e. The molecule has 0 aliphatic rings. The summed E-state index contributed by atoms with van der Waals surface area (Å²) in [5.74, 6) is -0.582. The molecule has 1 unspecified atom stereocenters. The number of esters is 1. The molecule has 0 rings (SSSR count). The Hall–Kier alpha value is -0.280. The van der Waals surface area contributed by atoms with Gasteiger partial charge in [0.2, 0.25) is 0 Å². The number of rotatable bonds is 3. The molecule has 0 aliphatic heterocycles. The maximum atomic E-state index is 10.9. The fourth-order valence-corrected chi connectivity index (χ4v) is 0.567. The Morgan fingerprint density at radius 2 is 2.18 bits per heavy atom. The van der Waals surface area contributed by atoms with Gasteiger partial charge in [0, 0.05) is 0 Å². The van der Waals surface area contributed by atoms with Crippen LogP contribution in [0, 0.1) is 0 Å². The molecule has 0 fully saturated rings. The number of ether oxygens (including phenoxy) is 1. The van der Waals surface area contributed by atoms with Crippen molar-refractivity contribution < 1.29 is 14.6 Å². The molecule has 0 aromatic heterocycles. The molecule has 0 bridgehead atoms. The summed E-state index contributed by atoms with van der Waals surface area (Å²) in [6.45, 7) is 4.88. The maximum absolute atomic E-state index is 10.9. The molecule has 3 nitrogen and oxygen atoms in total. The molecule has 0 spiro atoms. The Bertz CT molecular complexity index is 139. The van der Waals surface area contributed by atoms with Crippen LogP contribution in [0.5, 0.6) is 0 Å². The van der Waals surface area contributed by atoms with Gasteiger partial charge < -0.3 is 9.84 Å². The first-order valence-electron chi connectivity index (χ1n) is 3.42. The van der Waals surface area contributed by atoms with Crippen LogP contribution in [0.25, 0.3) is 0 Å². The molecule has 0 saturated carbocycles. The third kappa shape index (κ3) is 3.58. The summed E-state index contributed by atoms with van der Waals surface area (Å²) in [6, 6.07) is 0. The van der Waals surface area contributed by atoms with Crippen LogP contribution in [0.4, 0.5) is 0 Å². The molecule has 0 heterocycles. The lowest BCUT2D eigenvalue weighted by Crippen LogP contribution is -2.38. The number of halogens is 1. The number of carbonyl (C=O) groups excluding carboxylic acids is 1. The summed E-state index contributed by atoms with van der Waals surface area (Å²) >= 11 is 5.56. The summed E-state index contributed by atoms with van der Waals surface area (Å²) in [7, 11) is 0. The highest BCUT2D eigenvalue weighted by molar-refractivity contribution is 6.30. The second kappa shape index (κ2) is 3.93. The largest absolute Gasteiger partial charge is 0.465 e. The lowest BCUT2D eigenvalue weighted by Gasteiger charge is -2.21. The highest BCUT2D eigenvalue weighted by Gasteiger charge is 2.32. The van der Waals surface area contributed by atoms with Gasteiger partial charge in [-0.25, -0.2) is 0 Å². The van der Waals surface area contributed by atoms with E-state index in [4.69, 9.17) is 11.6 Å². The molecule has 1 N–H and O–H groups in total. The van der Waals surface area contributed by atoms with E-state index in [1.54, 1.807) is 6.92 Å².